The minimum absolute atomic E-state index is 0.211. The lowest BCUT2D eigenvalue weighted by atomic mass is 9.85. The highest BCUT2D eigenvalue weighted by Gasteiger charge is 2.49. The molecule has 2 N–H and O–H groups in total. The number of anilines is 2. The van der Waals surface area contributed by atoms with E-state index in [9.17, 15) is 14.4 Å². The maximum atomic E-state index is 13.3. The van der Waals surface area contributed by atoms with Gasteiger partial charge < -0.3 is 15.4 Å². The van der Waals surface area contributed by atoms with Gasteiger partial charge >= 0.3 is 5.97 Å². The number of fused-ring (bicyclic) bond motifs is 5. The van der Waals surface area contributed by atoms with E-state index in [1.54, 1.807) is 28.9 Å². The molecular formula is C24H26ClN5O4S. The summed E-state index contributed by atoms with van der Waals surface area (Å²) in [6.45, 7) is 3.65. The van der Waals surface area contributed by atoms with Crippen molar-refractivity contribution in [2.75, 3.05) is 11.9 Å². The largest absolute Gasteiger partial charge is 0.466 e. The molecule has 0 saturated heterocycles. The third-order valence-corrected chi connectivity index (χ3v) is 8.16. The first-order valence-corrected chi connectivity index (χ1v) is 13.0. The minimum Gasteiger partial charge on any atom is -0.466 e. The third kappa shape index (κ3) is 4.08. The summed E-state index contributed by atoms with van der Waals surface area (Å²) in [6.07, 6.45) is 8.38. The van der Waals surface area contributed by atoms with Crippen molar-refractivity contribution in [3.8, 4) is 0 Å². The normalized spacial score (nSPS) is 17.1. The summed E-state index contributed by atoms with van der Waals surface area (Å²) in [6, 6.07) is 1.54. The molecule has 11 heteroatoms. The van der Waals surface area contributed by atoms with Crippen LogP contribution in [0, 0.1) is 0 Å². The van der Waals surface area contributed by atoms with Crippen LogP contribution < -0.4 is 16.2 Å². The first kappa shape index (κ1) is 23.7. The molecule has 35 heavy (non-hydrogen) atoms. The molecule has 1 aliphatic heterocycles. The molecule has 6 rings (SSSR count). The summed E-state index contributed by atoms with van der Waals surface area (Å²) in [5, 5.41) is 7.45. The second-order valence-corrected chi connectivity index (χ2v) is 10.4. The lowest BCUT2D eigenvalue weighted by molar-refractivity contribution is -0.140. The van der Waals surface area contributed by atoms with Crippen LogP contribution in [0.25, 0.3) is 10.2 Å². The predicted octanol–water partition coefficient (Wildman–Crippen LogP) is 4.28. The van der Waals surface area contributed by atoms with Crippen LogP contribution in [0.15, 0.2) is 17.2 Å². The first-order valence-electron chi connectivity index (χ1n) is 11.8. The second-order valence-electron chi connectivity index (χ2n) is 8.90. The Morgan fingerprint density at radius 2 is 2.03 bits per heavy atom. The maximum absolute atomic E-state index is 13.3. The number of hydrogen-bond acceptors (Lipinski definition) is 8. The summed E-state index contributed by atoms with van der Waals surface area (Å²) < 4.78 is 5.95. The van der Waals surface area contributed by atoms with Crippen LogP contribution in [-0.2, 0) is 28.0 Å². The van der Waals surface area contributed by atoms with Gasteiger partial charge in [0.15, 0.2) is 0 Å². The van der Waals surface area contributed by atoms with Gasteiger partial charge in [-0.25, -0.2) is 9.97 Å². The lowest BCUT2D eigenvalue weighted by Gasteiger charge is -2.39. The van der Waals surface area contributed by atoms with Gasteiger partial charge in [0.25, 0.3) is 11.5 Å². The number of nitrogens with one attached hydrogen (secondary N) is 2. The molecule has 0 aromatic carbocycles. The number of pyridine rings is 1. The molecule has 4 heterocycles. The Kier molecular flexibility index (Phi) is 6.27. The van der Waals surface area contributed by atoms with E-state index in [1.165, 1.54) is 30.1 Å². The van der Waals surface area contributed by atoms with Gasteiger partial charge in [0.1, 0.15) is 34.0 Å². The zero-order chi connectivity index (χ0) is 24.7. The Balaban J connectivity index is 0.000000380. The van der Waals surface area contributed by atoms with Crippen molar-refractivity contribution in [3.63, 3.8) is 0 Å². The van der Waals surface area contributed by atoms with Gasteiger partial charge in [-0.2, -0.15) is 0 Å². The Labute approximate surface area is 210 Å². The van der Waals surface area contributed by atoms with Gasteiger partial charge in [-0.15, -0.1) is 11.3 Å². The molecule has 2 aliphatic carbocycles. The van der Waals surface area contributed by atoms with Crippen molar-refractivity contribution >= 4 is 56.5 Å². The van der Waals surface area contributed by atoms with Crippen LogP contribution in [-0.4, -0.2) is 33.0 Å². The van der Waals surface area contributed by atoms with E-state index in [1.807, 2.05) is 0 Å². The molecule has 3 aromatic heterocycles. The van der Waals surface area contributed by atoms with Gasteiger partial charge in [-0.1, -0.05) is 11.6 Å². The smallest absolute Gasteiger partial charge is 0.302 e. The number of rotatable bonds is 3. The summed E-state index contributed by atoms with van der Waals surface area (Å²) >= 11 is 8.15. The molecule has 0 atom stereocenters. The standard InChI is InChI=1S/C20H18ClN5O2S.C4H8O2/c21-11-8-12(19(28)26-15(11)17(27)25-20(26)6-3-7-20)24-16-14-10-4-1-2-5-13(10)29-18(14)23-9-22-16;1-3-6-4(2)5/h8-9H,1-7H2,(H,25,27)(H,22,23,24);3H2,1-2H3. The van der Waals surface area contributed by atoms with Crippen LogP contribution in [0.1, 0.15) is 66.9 Å². The van der Waals surface area contributed by atoms with E-state index in [0.717, 1.165) is 48.7 Å². The number of thiophene rings is 1. The van der Waals surface area contributed by atoms with Crippen LogP contribution in [0.2, 0.25) is 5.02 Å². The van der Waals surface area contributed by atoms with Crippen LogP contribution in [0.5, 0.6) is 0 Å². The number of amides is 1. The molecule has 3 aromatic rings. The van der Waals surface area contributed by atoms with E-state index in [4.69, 9.17) is 11.6 Å². The summed E-state index contributed by atoms with van der Waals surface area (Å²) in [4.78, 5) is 46.8. The SMILES string of the molecule is CCOC(C)=O.O=C1NC2(CCC2)n2c1c(Cl)cc(Nc1ncnc3sc4c(c13)CCCC4)c2=O. The molecule has 0 radical (unpaired) electrons. The Morgan fingerprint density at radius 3 is 2.69 bits per heavy atom. The number of carbonyl (C=O) groups excluding carboxylic acids is 2. The van der Waals surface area contributed by atoms with Gasteiger partial charge in [-0.05, 0) is 63.5 Å². The number of hydrogen-bond donors (Lipinski definition) is 2. The van der Waals surface area contributed by atoms with E-state index >= 15 is 0 Å². The van der Waals surface area contributed by atoms with Crippen molar-refractivity contribution in [1.29, 1.82) is 0 Å². The number of esters is 1. The topological polar surface area (TPSA) is 115 Å². The summed E-state index contributed by atoms with van der Waals surface area (Å²) in [5.41, 5.74) is 0.991. The fraction of sp³-hybridized carbons (Fsp3) is 0.458. The molecule has 1 amide bonds. The number of aromatic nitrogens is 3. The Bertz CT molecular complexity index is 1390. The summed E-state index contributed by atoms with van der Waals surface area (Å²) in [5.74, 6) is 0.134. The predicted molar refractivity (Wildman–Crippen MR) is 135 cm³/mol. The monoisotopic (exact) mass is 515 g/mol. The van der Waals surface area contributed by atoms with E-state index in [-0.39, 0.29) is 28.2 Å². The Hall–Kier alpha value is -2.98. The molecule has 1 spiro atoms. The third-order valence-electron chi connectivity index (χ3n) is 6.68. The van der Waals surface area contributed by atoms with Crippen LogP contribution >= 0.6 is 22.9 Å². The van der Waals surface area contributed by atoms with Gasteiger partial charge in [0.2, 0.25) is 0 Å². The molecule has 0 bridgehead atoms. The zero-order valence-electron chi connectivity index (χ0n) is 19.6. The average Bonchev–Trinajstić information content (AvgIpc) is 3.34. The minimum atomic E-state index is -0.632. The highest BCUT2D eigenvalue weighted by molar-refractivity contribution is 7.19. The molecular weight excluding hydrogens is 490 g/mol. The molecule has 1 fully saturated rings. The van der Waals surface area contributed by atoms with Crippen molar-refractivity contribution in [2.24, 2.45) is 0 Å². The fourth-order valence-corrected chi connectivity index (χ4v) is 6.50. The highest BCUT2D eigenvalue weighted by atomic mass is 35.5. The number of aryl methyl sites for hydroxylation is 2. The fourth-order valence-electron chi connectivity index (χ4n) is 5.00. The molecule has 1 saturated carbocycles. The zero-order valence-corrected chi connectivity index (χ0v) is 21.1. The van der Waals surface area contributed by atoms with Crippen molar-refractivity contribution in [3.05, 3.63) is 43.9 Å². The number of halogens is 1. The second kappa shape index (κ2) is 9.23. The Morgan fingerprint density at radius 1 is 1.26 bits per heavy atom. The maximum Gasteiger partial charge on any atom is 0.302 e. The molecule has 0 unspecified atom stereocenters. The van der Waals surface area contributed by atoms with Crippen LogP contribution in [0.4, 0.5) is 11.5 Å². The van der Waals surface area contributed by atoms with E-state index < -0.39 is 5.66 Å². The highest BCUT2D eigenvalue weighted by Crippen LogP contribution is 2.42. The number of nitrogens with zero attached hydrogens (tertiary/aromatic N) is 3. The number of carbonyl (C=O) groups is 2. The van der Waals surface area contributed by atoms with E-state index in [0.29, 0.717) is 18.1 Å². The lowest BCUT2D eigenvalue weighted by Crippen LogP contribution is -2.52. The average molecular weight is 516 g/mol. The molecule has 184 valence electrons. The van der Waals surface area contributed by atoms with Crippen molar-refractivity contribution in [2.45, 2.75) is 64.5 Å². The van der Waals surface area contributed by atoms with Crippen LogP contribution in [0.3, 0.4) is 0 Å². The van der Waals surface area contributed by atoms with Gasteiger partial charge in [0.05, 0.1) is 17.0 Å². The van der Waals surface area contributed by atoms with Crippen molar-refractivity contribution in [1.82, 2.24) is 19.9 Å². The summed E-state index contributed by atoms with van der Waals surface area (Å²) in [7, 11) is 0. The van der Waals surface area contributed by atoms with Gasteiger partial charge in [-0.3, -0.25) is 19.0 Å². The van der Waals surface area contributed by atoms with E-state index in [2.05, 4.69) is 25.3 Å². The molecule has 3 aliphatic rings. The van der Waals surface area contributed by atoms with Gasteiger partial charge in [0, 0.05) is 11.8 Å². The number of ether oxygens (including phenoxy) is 1. The van der Waals surface area contributed by atoms with Crippen molar-refractivity contribution < 1.29 is 14.3 Å². The molecule has 9 nitrogen and oxygen atoms in total. The quantitative estimate of drug-likeness (QED) is 0.500. The first-order chi connectivity index (χ1) is 16.8.